The molecule has 49 heavy (non-hydrogen) atoms. The van der Waals surface area contributed by atoms with Crippen LogP contribution in [0, 0.1) is 11.6 Å². The van der Waals surface area contributed by atoms with E-state index in [0.29, 0.717) is 57.3 Å². The number of pyridine rings is 1. The number of amides is 2. The SMILES string of the molecule is O=C(Nc1ccc(N2CCCN(C(=O)C(O)c3cc(F)cc(F)c3)CC2)nc1)c1oc(N2CCC(c3ccccc3)CC2)nc1C(F)(F)F. The normalized spacial score (nSPS) is 16.7. The van der Waals surface area contributed by atoms with Crippen molar-refractivity contribution in [3.63, 3.8) is 0 Å². The van der Waals surface area contributed by atoms with Crippen LogP contribution in [0.25, 0.3) is 0 Å². The highest BCUT2D eigenvalue weighted by Crippen LogP contribution is 2.36. The van der Waals surface area contributed by atoms with E-state index in [1.807, 2.05) is 35.2 Å². The predicted octanol–water partition coefficient (Wildman–Crippen LogP) is 5.78. The number of oxazole rings is 1. The molecule has 2 aliphatic heterocycles. The highest BCUT2D eigenvalue weighted by atomic mass is 19.4. The minimum Gasteiger partial charge on any atom is -0.417 e. The first-order chi connectivity index (χ1) is 23.5. The molecule has 1 unspecified atom stereocenters. The Morgan fingerprint density at radius 1 is 0.898 bits per heavy atom. The average Bonchev–Trinajstić information content (AvgIpc) is 3.42. The average molecular weight is 685 g/mol. The molecule has 4 aromatic rings. The summed E-state index contributed by atoms with van der Waals surface area (Å²) >= 11 is 0. The van der Waals surface area contributed by atoms with Gasteiger partial charge in [0, 0.05) is 45.3 Å². The van der Waals surface area contributed by atoms with Crippen molar-refractivity contribution < 1.29 is 41.1 Å². The largest absolute Gasteiger partial charge is 0.437 e. The van der Waals surface area contributed by atoms with Gasteiger partial charge in [-0.05, 0) is 60.6 Å². The van der Waals surface area contributed by atoms with Gasteiger partial charge < -0.3 is 29.5 Å². The highest BCUT2D eigenvalue weighted by Gasteiger charge is 2.42. The molecule has 0 radical (unpaired) electrons. The number of rotatable bonds is 7. The molecule has 4 heterocycles. The quantitative estimate of drug-likeness (QED) is 0.236. The molecule has 10 nitrogen and oxygen atoms in total. The second-order valence-corrected chi connectivity index (χ2v) is 12.0. The first-order valence-electron chi connectivity index (χ1n) is 15.8. The van der Waals surface area contributed by atoms with Crippen molar-refractivity contribution >= 4 is 29.3 Å². The van der Waals surface area contributed by atoms with Crippen molar-refractivity contribution in [1.82, 2.24) is 14.9 Å². The van der Waals surface area contributed by atoms with E-state index < -0.39 is 47.2 Å². The van der Waals surface area contributed by atoms with Gasteiger partial charge in [0.15, 0.2) is 11.8 Å². The molecule has 2 aromatic carbocycles. The number of carbonyl (C=O) groups is 2. The lowest BCUT2D eigenvalue weighted by atomic mass is 9.90. The number of hydrogen-bond acceptors (Lipinski definition) is 8. The van der Waals surface area contributed by atoms with Crippen LogP contribution in [0.5, 0.6) is 0 Å². The summed E-state index contributed by atoms with van der Waals surface area (Å²) in [6, 6.07) is 15.1. The maximum absolute atomic E-state index is 13.9. The number of nitrogens with one attached hydrogen (secondary N) is 1. The van der Waals surface area contributed by atoms with E-state index >= 15 is 0 Å². The summed E-state index contributed by atoms with van der Waals surface area (Å²) in [6.07, 6.45) is -3.49. The fraction of sp³-hybridized carbons (Fsp3) is 0.353. The van der Waals surface area contributed by atoms with Crippen LogP contribution in [-0.4, -0.2) is 71.1 Å². The van der Waals surface area contributed by atoms with Crippen LogP contribution in [-0.2, 0) is 11.0 Å². The standard InChI is InChI=1S/C34H33F5N6O4/c35-24-17-23(18-25(36)19-24)28(46)32(48)44-12-4-11-43(15-16-44)27-8-7-26(20-40-27)41-31(47)29-30(34(37,38)39)42-33(49-29)45-13-9-22(10-14-45)21-5-2-1-3-6-21/h1-3,5-8,17-20,22,28,46H,4,9-16H2,(H,41,47). The smallest absolute Gasteiger partial charge is 0.417 e. The van der Waals surface area contributed by atoms with Crippen LogP contribution in [0.4, 0.5) is 39.5 Å². The number of carbonyl (C=O) groups excluding carboxylic acids is 2. The number of aliphatic hydroxyl groups is 1. The van der Waals surface area contributed by atoms with Crippen molar-refractivity contribution in [3.05, 3.63) is 101 Å². The van der Waals surface area contributed by atoms with Gasteiger partial charge in [0.1, 0.15) is 17.5 Å². The minimum atomic E-state index is -4.93. The zero-order valence-electron chi connectivity index (χ0n) is 26.2. The van der Waals surface area contributed by atoms with Gasteiger partial charge in [-0.1, -0.05) is 30.3 Å². The van der Waals surface area contributed by atoms with Gasteiger partial charge in [0.2, 0.25) is 5.76 Å². The summed E-state index contributed by atoms with van der Waals surface area (Å²) in [4.78, 5) is 38.8. The summed E-state index contributed by atoms with van der Waals surface area (Å²) in [5.41, 5.74) is -0.309. The Balaban J connectivity index is 1.07. The highest BCUT2D eigenvalue weighted by molar-refractivity contribution is 6.03. The van der Waals surface area contributed by atoms with Crippen molar-refractivity contribution in [2.45, 2.75) is 37.5 Å². The molecule has 2 amide bonds. The number of hydrogen-bond donors (Lipinski definition) is 2. The molecule has 0 spiro atoms. The molecular formula is C34H33F5N6O4. The van der Waals surface area contributed by atoms with Gasteiger partial charge >= 0.3 is 6.18 Å². The van der Waals surface area contributed by atoms with E-state index in [-0.39, 0.29) is 36.3 Å². The molecule has 2 fully saturated rings. The van der Waals surface area contributed by atoms with Gasteiger partial charge in [0.05, 0.1) is 11.9 Å². The molecule has 0 saturated carbocycles. The van der Waals surface area contributed by atoms with E-state index in [0.717, 1.165) is 17.7 Å². The lowest BCUT2D eigenvalue weighted by Crippen LogP contribution is -2.38. The minimum absolute atomic E-state index is 0.126. The van der Waals surface area contributed by atoms with Gasteiger partial charge in [-0.2, -0.15) is 18.2 Å². The van der Waals surface area contributed by atoms with E-state index in [2.05, 4.69) is 15.3 Å². The summed E-state index contributed by atoms with van der Waals surface area (Å²) in [5.74, 6) is -3.83. The van der Waals surface area contributed by atoms with E-state index in [1.165, 1.54) is 17.2 Å². The Morgan fingerprint density at radius 2 is 1.61 bits per heavy atom. The zero-order chi connectivity index (χ0) is 34.7. The molecule has 0 bridgehead atoms. The molecule has 15 heteroatoms. The molecule has 2 saturated heterocycles. The fourth-order valence-corrected chi connectivity index (χ4v) is 6.17. The Kier molecular flexibility index (Phi) is 9.81. The Bertz CT molecular complexity index is 1760. The lowest BCUT2D eigenvalue weighted by Gasteiger charge is -2.31. The zero-order valence-corrected chi connectivity index (χ0v) is 26.2. The van der Waals surface area contributed by atoms with Crippen LogP contribution in [0.2, 0.25) is 0 Å². The van der Waals surface area contributed by atoms with E-state index in [4.69, 9.17) is 4.42 Å². The molecule has 1 atom stereocenters. The third kappa shape index (κ3) is 7.82. The molecule has 0 aliphatic carbocycles. The number of aliphatic hydroxyl groups excluding tert-OH is 1. The van der Waals surface area contributed by atoms with Crippen LogP contribution in [0.3, 0.4) is 0 Å². The molecule has 2 aliphatic rings. The number of nitrogens with zero attached hydrogens (tertiary/aromatic N) is 5. The number of alkyl halides is 3. The Hall–Kier alpha value is -5.05. The third-order valence-corrected chi connectivity index (χ3v) is 8.70. The Labute approximate surface area is 278 Å². The van der Waals surface area contributed by atoms with Crippen molar-refractivity contribution in [1.29, 1.82) is 0 Å². The molecule has 2 aromatic heterocycles. The van der Waals surface area contributed by atoms with E-state index in [9.17, 15) is 36.6 Å². The van der Waals surface area contributed by atoms with Gasteiger partial charge in [-0.25, -0.2) is 13.8 Å². The van der Waals surface area contributed by atoms with Crippen LogP contribution >= 0.6 is 0 Å². The Morgan fingerprint density at radius 3 is 2.27 bits per heavy atom. The number of aromatic nitrogens is 2. The summed E-state index contributed by atoms with van der Waals surface area (Å²) in [6.45, 7) is 2.09. The molecule has 2 N–H and O–H groups in total. The van der Waals surface area contributed by atoms with Crippen LogP contribution in [0.15, 0.2) is 71.3 Å². The monoisotopic (exact) mass is 684 g/mol. The third-order valence-electron chi connectivity index (χ3n) is 8.70. The molecule has 258 valence electrons. The second kappa shape index (κ2) is 14.2. The number of piperidine rings is 1. The van der Waals surface area contributed by atoms with E-state index in [1.54, 1.807) is 11.0 Å². The van der Waals surface area contributed by atoms with Crippen LogP contribution < -0.4 is 15.1 Å². The first kappa shape index (κ1) is 33.8. The predicted molar refractivity (Wildman–Crippen MR) is 169 cm³/mol. The number of anilines is 3. The number of halogens is 5. The molecular weight excluding hydrogens is 651 g/mol. The van der Waals surface area contributed by atoms with Gasteiger partial charge in [-0.15, -0.1) is 0 Å². The summed E-state index contributed by atoms with van der Waals surface area (Å²) < 4.78 is 74.5. The van der Waals surface area contributed by atoms with Gasteiger partial charge in [0.25, 0.3) is 17.8 Å². The maximum atomic E-state index is 13.9. The maximum Gasteiger partial charge on any atom is 0.437 e. The summed E-state index contributed by atoms with van der Waals surface area (Å²) in [5, 5.41) is 12.9. The molecule has 6 rings (SSSR count). The van der Waals surface area contributed by atoms with Crippen molar-refractivity contribution in [3.8, 4) is 0 Å². The second-order valence-electron chi connectivity index (χ2n) is 12.0. The number of benzene rings is 2. The lowest BCUT2D eigenvalue weighted by molar-refractivity contribution is -0.141. The van der Waals surface area contributed by atoms with Gasteiger partial charge in [-0.3, -0.25) is 9.59 Å². The first-order valence-corrected chi connectivity index (χ1v) is 15.8. The summed E-state index contributed by atoms with van der Waals surface area (Å²) in [7, 11) is 0. The topological polar surface area (TPSA) is 115 Å². The van der Waals surface area contributed by atoms with Crippen molar-refractivity contribution in [2.75, 3.05) is 54.4 Å². The van der Waals surface area contributed by atoms with Crippen LogP contribution in [0.1, 0.15) is 58.7 Å². The van der Waals surface area contributed by atoms with Crippen molar-refractivity contribution in [2.24, 2.45) is 0 Å². The fourth-order valence-electron chi connectivity index (χ4n) is 6.17.